The van der Waals surface area contributed by atoms with Crippen molar-refractivity contribution in [2.75, 3.05) is 5.43 Å². The number of nitriles is 1. The fraction of sp³-hybridized carbons (Fsp3) is 0.125. The molecule has 0 saturated heterocycles. The number of carbonyl (C=O) groups excluding carboxylic acids is 1. The van der Waals surface area contributed by atoms with Gasteiger partial charge in [-0.3, -0.25) is 15.6 Å². The number of anilines is 1. The lowest BCUT2D eigenvalue weighted by Gasteiger charge is -2.17. The van der Waals surface area contributed by atoms with Crippen LogP contribution in [0.3, 0.4) is 0 Å². The zero-order chi connectivity index (χ0) is 20.4. The van der Waals surface area contributed by atoms with E-state index >= 15 is 0 Å². The molecule has 0 heterocycles. The second-order valence-electron chi connectivity index (χ2n) is 5.11. The first kappa shape index (κ1) is 20.4. The molecule has 0 bridgehead atoms. The average molecular weight is 408 g/mol. The van der Waals surface area contributed by atoms with Crippen LogP contribution in [0.15, 0.2) is 36.4 Å². The van der Waals surface area contributed by atoms with Crippen molar-refractivity contribution in [1.82, 2.24) is 5.43 Å². The molecule has 0 unspecified atom stereocenters. The van der Waals surface area contributed by atoms with E-state index in [0.29, 0.717) is 12.1 Å². The summed E-state index contributed by atoms with van der Waals surface area (Å²) in [5, 5.41) is 7.93. The average Bonchev–Trinajstić information content (AvgIpc) is 2.57. The van der Waals surface area contributed by atoms with Crippen LogP contribution in [0.5, 0.6) is 0 Å². The number of nitrogens with zero attached hydrogens (tertiary/aromatic N) is 1. The van der Waals surface area contributed by atoms with Gasteiger partial charge in [-0.2, -0.15) is 31.6 Å². The first-order valence-corrected chi connectivity index (χ1v) is 7.36. The SMILES string of the molecule is N#Cc1ccc(NNC(=O)c2ccc(C(F)(F)F)cc2)c(C(F)(F)F)c1Cl. The normalized spacial score (nSPS) is 11.6. The van der Waals surface area contributed by atoms with Gasteiger partial charge in [-0.25, -0.2) is 0 Å². The number of benzene rings is 2. The maximum absolute atomic E-state index is 13.2. The molecule has 142 valence electrons. The highest BCUT2D eigenvalue weighted by atomic mass is 35.5. The van der Waals surface area contributed by atoms with Crippen LogP contribution in [-0.2, 0) is 12.4 Å². The number of hydrogen-bond acceptors (Lipinski definition) is 3. The van der Waals surface area contributed by atoms with Gasteiger partial charge >= 0.3 is 12.4 Å². The van der Waals surface area contributed by atoms with Crippen LogP contribution >= 0.6 is 11.6 Å². The molecule has 0 radical (unpaired) electrons. The third-order valence-electron chi connectivity index (χ3n) is 3.33. The second kappa shape index (κ2) is 7.36. The topological polar surface area (TPSA) is 64.9 Å². The van der Waals surface area contributed by atoms with Crippen molar-refractivity contribution in [3.8, 4) is 6.07 Å². The van der Waals surface area contributed by atoms with Gasteiger partial charge in [-0.1, -0.05) is 11.6 Å². The molecule has 2 aromatic carbocycles. The van der Waals surface area contributed by atoms with E-state index in [2.05, 4.69) is 0 Å². The maximum atomic E-state index is 13.2. The summed E-state index contributed by atoms with van der Waals surface area (Å²) in [6, 6.07) is 6.48. The number of alkyl halides is 6. The van der Waals surface area contributed by atoms with Crippen molar-refractivity contribution in [3.05, 3.63) is 63.7 Å². The van der Waals surface area contributed by atoms with Crippen LogP contribution in [-0.4, -0.2) is 5.91 Å². The summed E-state index contributed by atoms with van der Waals surface area (Å²) in [7, 11) is 0. The number of nitrogens with one attached hydrogen (secondary N) is 2. The number of amides is 1. The van der Waals surface area contributed by atoms with Gasteiger partial charge in [-0.15, -0.1) is 0 Å². The lowest BCUT2D eigenvalue weighted by atomic mass is 10.1. The summed E-state index contributed by atoms with van der Waals surface area (Å²) in [5.41, 5.74) is 0.348. The van der Waals surface area contributed by atoms with Crippen molar-refractivity contribution >= 4 is 23.2 Å². The zero-order valence-electron chi connectivity index (χ0n) is 13.0. The van der Waals surface area contributed by atoms with Gasteiger partial charge in [0.05, 0.1) is 21.8 Å². The Hall–Kier alpha value is -2.93. The van der Waals surface area contributed by atoms with E-state index in [1.165, 1.54) is 6.07 Å². The Bertz CT molecular complexity index is 901. The molecule has 27 heavy (non-hydrogen) atoms. The highest BCUT2D eigenvalue weighted by Gasteiger charge is 2.37. The van der Waals surface area contributed by atoms with Gasteiger partial charge < -0.3 is 0 Å². The lowest BCUT2D eigenvalue weighted by Crippen LogP contribution is -2.30. The highest BCUT2D eigenvalue weighted by molar-refractivity contribution is 6.33. The molecule has 11 heteroatoms. The minimum atomic E-state index is -4.93. The third-order valence-corrected chi connectivity index (χ3v) is 3.72. The summed E-state index contributed by atoms with van der Waals surface area (Å²) in [6.07, 6.45) is -9.51. The van der Waals surface area contributed by atoms with Crippen molar-refractivity contribution in [1.29, 1.82) is 5.26 Å². The zero-order valence-corrected chi connectivity index (χ0v) is 13.7. The summed E-state index contributed by atoms with van der Waals surface area (Å²) in [5.74, 6) is -0.975. The Kier molecular flexibility index (Phi) is 5.56. The Morgan fingerprint density at radius 1 is 0.963 bits per heavy atom. The van der Waals surface area contributed by atoms with Crippen molar-refractivity contribution in [2.24, 2.45) is 0 Å². The van der Waals surface area contributed by atoms with E-state index in [4.69, 9.17) is 16.9 Å². The molecular weight excluding hydrogens is 400 g/mol. The van der Waals surface area contributed by atoms with Crippen LogP contribution in [0.25, 0.3) is 0 Å². The number of hydrazine groups is 1. The Labute approximate surface area is 153 Å². The molecule has 0 aliphatic carbocycles. The fourth-order valence-corrected chi connectivity index (χ4v) is 2.36. The Morgan fingerprint density at radius 2 is 1.56 bits per heavy atom. The van der Waals surface area contributed by atoms with E-state index in [1.54, 1.807) is 0 Å². The fourth-order valence-electron chi connectivity index (χ4n) is 2.05. The number of carbonyl (C=O) groups is 1. The van der Waals surface area contributed by atoms with Crippen LogP contribution in [0.4, 0.5) is 32.0 Å². The van der Waals surface area contributed by atoms with Crippen LogP contribution < -0.4 is 10.9 Å². The molecule has 2 aromatic rings. The number of hydrogen-bond donors (Lipinski definition) is 2. The van der Waals surface area contributed by atoms with Crippen molar-refractivity contribution < 1.29 is 31.1 Å². The molecule has 2 rings (SSSR count). The highest BCUT2D eigenvalue weighted by Crippen LogP contribution is 2.41. The smallest absolute Gasteiger partial charge is 0.298 e. The lowest BCUT2D eigenvalue weighted by molar-refractivity contribution is -0.138. The molecule has 2 N–H and O–H groups in total. The van der Waals surface area contributed by atoms with E-state index in [-0.39, 0.29) is 5.56 Å². The van der Waals surface area contributed by atoms with Crippen LogP contribution in [0.1, 0.15) is 27.0 Å². The van der Waals surface area contributed by atoms with E-state index < -0.39 is 45.7 Å². The van der Waals surface area contributed by atoms with Crippen LogP contribution in [0, 0.1) is 11.3 Å². The van der Waals surface area contributed by atoms with Gasteiger partial charge in [0.2, 0.25) is 0 Å². The predicted octanol–water partition coefficient (Wildman–Crippen LogP) is 5.01. The molecule has 0 saturated carbocycles. The summed E-state index contributed by atoms with van der Waals surface area (Å²) in [6.45, 7) is 0. The van der Waals surface area contributed by atoms with Crippen LogP contribution in [0.2, 0.25) is 5.02 Å². The molecular formula is C16H8ClF6N3O. The molecule has 0 aliphatic heterocycles. The van der Waals surface area contributed by atoms with Gasteiger partial charge in [-0.05, 0) is 36.4 Å². The maximum Gasteiger partial charge on any atom is 0.419 e. The Morgan fingerprint density at radius 3 is 2.04 bits per heavy atom. The number of halogens is 7. The first-order valence-electron chi connectivity index (χ1n) is 6.98. The van der Waals surface area contributed by atoms with Gasteiger partial charge in [0.25, 0.3) is 5.91 Å². The molecule has 4 nitrogen and oxygen atoms in total. The number of rotatable bonds is 3. The molecule has 1 amide bonds. The minimum absolute atomic E-state index is 0.219. The third kappa shape index (κ3) is 4.62. The minimum Gasteiger partial charge on any atom is -0.298 e. The molecule has 0 aromatic heterocycles. The largest absolute Gasteiger partial charge is 0.419 e. The van der Waals surface area contributed by atoms with Crippen molar-refractivity contribution in [3.63, 3.8) is 0 Å². The van der Waals surface area contributed by atoms with Gasteiger partial charge in [0.15, 0.2) is 0 Å². The predicted molar refractivity (Wildman–Crippen MR) is 83.7 cm³/mol. The summed E-state index contributed by atoms with van der Waals surface area (Å²) >= 11 is 5.59. The molecule has 0 fully saturated rings. The van der Waals surface area contributed by atoms with Gasteiger partial charge in [0, 0.05) is 5.56 Å². The molecule has 0 aliphatic rings. The molecule has 0 atom stereocenters. The van der Waals surface area contributed by atoms with Gasteiger partial charge in [0.1, 0.15) is 11.6 Å². The second-order valence-corrected chi connectivity index (χ2v) is 5.49. The standard InChI is InChI=1S/C16H8ClF6N3O/c17-13-9(7-24)3-6-11(12(13)16(21,22)23)25-26-14(27)8-1-4-10(5-2-8)15(18,19)20/h1-6,25H,(H,26,27). The summed E-state index contributed by atoms with van der Waals surface area (Å²) in [4.78, 5) is 11.9. The Balaban J connectivity index is 2.23. The van der Waals surface area contributed by atoms with E-state index in [9.17, 15) is 31.1 Å². The quantitative estimate of drug-likeness (QED) is 0.555. The van der Waals surface area contributed by atoms with E-state index in [1.807, 2.05) is 10.9 Å². The van der Waals surface area contributed by atoms with E-state index in [0.717, 1.165) is 24.3 Å². The summed E-state index contributed by atoms with van der Waals surface area (Å²) < 4.78 is 77.0. The first-order chi connectivity index (χ1) is 12.4. The van der Waals surface area contributed by atoms with Crippen molar-refractivity contribution in [2.45, 2.75) is 12.4 Å². The monoisotopic (exact) mass is 407 g/mol. The molecule has 0 spiro atoms.